The second-order valence-electron chi connectivity index (χ2n) is 7.01. The quantitative estimate of drug-likeness (QED) is 0.511. The van der Waals surface area contributed by atoms with Gasteiger partial charge in [0.05, 0.1) is 21.1 Å². The van der Waals surface area contributed by atoms with Gasteiger partial charge in [-0.3, -0.25) is 0 Å². The lowest BCUT2D eigenvalue weighted by Gasteiger charge is -2.21. The maximum atomic E-state index is 6.19. The van der Waals surface area contributed by atoms with Crippen molar-refractivity contribution in [1.82, 2.24) is 14.9 Å². The first-order valence-electron chi connectivity index (χ1n) is 9.20. The second kappa shape index (κ2) is 9.37. The summed E-state index contributed by atoms with van der Waals surface area (Å²) in [6.45, 7) is 1.90. The Morgan fingerprint density at radius 1 is 0.857 bits per heavy atom. The molecule has 146 valence electrons. The highest BCUT2D eigenvalue weighted by Crippen LogP contribution is 2.29. The number of fused-ring (bicyclic) bond motifs is 1. The van der Waals surface area contributed by atoms with Crippen LogP contribution in [0.15, 0.2) is 42.5 Å². The van der Waals surface area contributed by atoms with Crippen LogP contribution >= 0.6 is 23.2 Å². The van der Waals surface area contributed by atoms with E-state index in [1.165, 1.54) is 0 Å². The van der Waals surface area contributed by atoms with Gasteiger partial charge < -0.3 is 9.80 Å². The first kappa shape index (κ1) is 20.6. The predicted molar refractivity (Wildman–Crippen MR) is 121 cm³/mol. The van der Waals surface area contributed by atoms with E-state index in [9.17, 15) is 0 Å². The van der Waals surface area contributed by atoms with E-state index in [2.05, 4.69) is 36.0 Å². The summed E-state index contributed by atoms with van der Waals surface area (Å²) < 4.78 is 0. The summed E-state index contributed by atoms with van der Waals surface area (Å²) in [5, 5.41) is 0.964. The first-order valence-corrected chi connectivity index (χ1v) is 9.95. The molecule has 0 atom stereocenters. The minimum absolute atomic E-state index is 0.480. The van der Waals surface area contributed by atoms with E-state index in [1.807, 2.05) is 37.4 Å². The van der Waals surface area contributed by atoms with Crippen LogP contribution in [0.25, 0.3) is 23.2 Å². The summed E-state index contributed by atoms with van der Waals surface area (Å²) in [6, 6.07) is 13.7. The van der Waals surface area contributed by atoms with E-state index in [0.29, 0.717) is 10.0 Å². The van der Waals surface area contributed by atoms with Crippen molar-refractivity contribution in [2.45, 2.75) is 6.42 Å². The zero-order valence-electron chi connectivity index (χ0n) is 16.4. The Balaban J connectivity index is 1.99. The lowest BCUT2D eigenvalue weighted by atomic mass is 10.2. The third kappa shape index (κ3) is 5.22. The van der Waals surface area contributed by atoms with Crippen LogP contribution in [0.2, 0.25) is 10.0 Å². The van der Waals surface area contributed by atoms with Gasteiger partial charge in [0.15, 0.2) is 5.82 Å². The molecule has 0 bridgehead atoms. The number of aromatic nitrogens is 2. The molecule has 1 aromatic heterocycles. The third-order valence-corrected chi connectivity index (χ3v) is 5.13. The molecule has 0 fully saturated rings. The summed E-state index contributed by atoms with van der Waals surface area (Å²) in [5.41, 5.74) is 3.38. The van der Waals surface area contributed by atoms with Gasteiger partial charge in [-0.15, -0.1) is 0 Å². The lowest BCUT2D eigenvalue weighted by Crippen LogP contribution is -2.25. The normalized spacial score (nSPS) is 11.6. The molecule has 0 saturated heterocycles. The first-order chi connectivity index (χ1) is 13.4. The maximum absolute atomic E-state index is 6.19. The molecular weight excluding hydrogens is 391 g/mol. The van der Waals surface area contributed by atoms with Gasteiger partial charge in [0.1, 0.15) is 5.69 Å². The zero-order valence-corrected chi connectivity index (χ0v) is 17.9. The highest BCUT2D eigenvalue weighted by Gasteiger charge is 2.13. The minimum Gasteiger partial charge on any atom is -0.358 e. The number of nitrogens with zero attached hydrogens (tertiary/aromatic N) is 4. The van der Waals surface area contributed by atoms with Crippen molar-refractivity contribution in [2.24, 2.45) is 0 Å². The Bertz CT molecular complexity index is 971. The summed E-state index contributed by atoms with van der Waals surface area (Å²) in [5.74, 6) is 0.830. The van der Waals surface area contributed by atoms with Gasteiger partial charge in [-0.1, -0.05) is 59.6 Å². The number of halogens is 2. The molecule has 0 radical (unpaired) electrons. The SMILES string of the molecule is CN(C)CCCN(C)c1nc2cc(Cl)c(Cl)cc2nc1/C=C/c1ccccc1. The van der Waals surface area contributed by atoms with Crippen LogP contribution in [-0.4, -0.2) is 49.1 Å². The van der Waals surface area contributed by atoms with Gasteiger partial charge in [-0.05, 0) is 50.8 Å². The average molecular weight is 415 g/mol. The number of rotatable bonds is 7. The summed E-state index contributed by atoms with van der Waals surface area (Å²) in [4.78, 5) is 14.0. The van der Waals surface area contributed by atoms with Gasteiger partial charge >= 0.3 is 0 Å². The van der Waals surface area contributed by atoms with Crippen molar-refractivity contribution in [2.75, 3.05) is 39.1 Å². The van der Waals surface area contributed by atoms with Crippen molar-refractivity contribution < 1.29 is 0 Å². The minimum atomic E-state index is 0.480. The largest absolute Gasteiger partial charge is 0.358 e. The van der Waals surface area contributed by atoms with Crippen molar-refractivity contribution in [1.29, 1.82) is 0 Å². The Labute approximate surface area is 176 Å². The molecule has 2 aromatic carbocycles. The maximum Gasteiger partial charge on any atom is 0.155 e. The monoisotopic (exact) mass is 414 g/mol. The molecule has 6 heteroatoms. The molecule has 4 nitrogen and oxygen atoms in total. The smallest absolute Gasteiger partial charge is 0.155 e. The molecule has 0 aliphatic rings. The average Bonchev–Trinajstić information content (AvgIpc) is 2.67. The molecule has 0 aliphatic heterocycles. The predicted octanol–water partition coefficient (Wildman–Crippen LogP) is 5.49. The van der Waals surface area contributed by atoms with E-state index in [1.54, 1.807) is 12.1 Å². The molecule has 0 spiro atoms. The van der Waals surface area contributed by atoms with Crippen LogP contribution in [-0.2, 0) is 0 Å². The van der Waals surface area contributed by atoms with Crippen LogP contribution in [0.5, 0.6) is 0 Å². The summed E-state index contributed by atoms with van der Waals surface area (Å²) >= 11 is 12.4. The Morgan fingerprint density at radius 3 is 2.14 bits per heavy atom. The number of hydrogen-bond acceptors (Lipinski definition) is 4. The van der Waals surface area contributed by atoms with E-state index in [4.69, 9.17) is 33.2 Å². The Morgan fingerprint density at radius 2 is 1.50 bits per heavy atom. The molecule has 28 heavy (non-hydrogen) atoms. The van der Waals surface area contributed by atoms with Crippen molar-refractivity contribution in [3.05, 3.63) is 63.8 Å². The van der Waals surface area contributed by atoms with Gasteiger partial charge in [0.25, 0.3) is 0 Å². The Hall–Kier alpha value is -2.14. The standard InChI is InChI=1S/C22H24Cl2N4/c1-27(2)12-7-13-28(3)22-19(11-10-16-8-5-4-6-9-16)25-20-14-17(23)18(24)15-21(20)26-22/h4-6,8-11,14-15H,7,12-13H2,1-3H3/b11-10+. The highest BCUT2D eigenvalue weighted by atomic mass is 35.5. The second-order valence-corrected chi connectivity index (χ2v) is 7.82. The van der Waals surface area contributed by atoms with E-state index in [0.717, 1.165) is 47.6 Å². The molecule has 0 unspecified atom stereocenters. The van der Waals surface area contributed by atoms with E-state index < -0.39 is 0 Å². The van der Waals surface area contributed by atoms with Gasteiger partial charge in [-0.2, -0.15) is 0 Å². The summed E-state index contributed by atoms with van der Waals surface area (Å²) in [6.07, 6.45) is 5.08. The number of hydrogen-bond donors (Lipinski definition) is 0. The van der Waals surface area contributed by atoms with Crippen LogP contribution in [0, 0.1) is 0 Å². The van der Waals surface area contributed by atoms with Gasteiger partial charge in [0.2, 0.25) is 0 Å². The molecule has 0 amide bonds. The molecule has 1 heterocycles. The molecular formula is C22H24Cl2N4. The third-order valence-electron chi connectivity index (χ3n) is 4.41. The van der Waals surface area contributed by atoms with Crippen molar-refractivity contribution >= 4 is 52.2 Å². The highest BCUT2D eigenvalue weighted by molar-refractivity contribution is 6.42. The van der Waals surface area contributed by atoms with Crippen LogP contribution < -0.4 is 4.90 Å². The molecule has 3 aromatic rings. The Kier molecular flexibility index (Phi) is 6.89. The topological polar surface area (TPSA) is 32.3 Å². The molecule has 3 rings (SSSR count). The van der Waals surface area contributed by atoms with Gasteiger partial charge in [0, 0.05) is 13.6 Å². The van der Waals surface area contributed by atoms with Crippen LogP contribution in [0.4, 0.5) is 5.82 Å². The van der Waals surface area contributed by atoms with Crippen molar-refractivity contribution in [3.63, 3.8) is 0 Å². The summed E-state index contributed by atoms with van der Waals surface area (Å²) in [7, 11) is 6.20. The zero-order chi connectivity index (χ0) is 20.1. The fourth-order valence-electron chi connectivity index (χ4n) is 2.92. The van der Waals surface area contributed by atoms with Crippen LogP contribution in [0.3, 0.4) is 0 Å². The fourth-order valence-corrected chi connectivity index (χ4v) is 3.23. The number of anilines is 1. The fraction of sp³-hybridized carbons (Fsp3) is 0.273. The van der Waals surface area contributed by atoms with Gasteiger partial charge in [-0.25, -0.2) is 9.97 Å². The molecule has 0 N–H and O–H groups in total. The van der Waals surface area contributed by atoms with Crippen LogP contribution in [0.1, 0.15) is 17.7 Å². The molecule has 0 aliphatic carbocycles. The number of benzene rings is 2. The molecule has 0 saturated carbocycles. The van der Waals surface area contributed by atoms with E-state index >= 15 is 0 Å². The lowest BCUT2D eigenvalue weighted by molar-refractivity contribution is 0.401. The van der Waals surface area contributed by atoms with E-state index in [-0.39, 0.29) is 0 Å². The van der Waals surface area contributed by atoms with Crippen molar-refractivity contribution in [3.8, 4) is 0 Å².